The summed E-state index contributed by atoms with van der Waals surface area (Å²) in [5, 5.41) is 3.01. The molecule has 0 aliphatic rings. The van der Waals surface area contributed by atoms with Gasteiger partial charge in [-0.2, -0.15) is 0 Å². The predicted molar refractivity (Wildman–Crippen MR) is 75.0 cm³/mol. The molecule has 1 amide bonds. The summed E-state index contributed by atoms with van der Waals surface area (Å²) in [5.41, 5.74) is 1.02. The molecule has 5 heteroatoms. The molecule has 5 nitrogen and oxygen atoms in total. The van der Waals surface area contributed by atoms with Crippen LogP contribution in [0, 0.1) is 0 Å². The van der Waals surface area contributed by atoms with Crippen LogP contribution >= 0.6 is 0 Å². The van der Waals surface area contributed by atoms with Crippen LogP contribution in [0.4, 0.5) is 11.5 Å². The highest BCUT2D eigenvalue weighted by Gasteiger charge is 2.12. The Bertz CT molecular complexity index is 392. The van der Waals surface area contributed by atoms with Crippen LogP contribution in [0.1, 0.15) is 13.3 Å². The Kier molecular flexibility index (Phi) is 5.42. The number of nitrogens with zero attached hydrogens (tertiary/aromatic N) is 3. The van der Waals surface area contributed by atoms with Crippen LogP contribution in [0.5, 0.6) is 0 Å². The van der Waals surface area contributed by atoms with Gasteiger partial charge in [-0.15, -0.1) is 0 Å². The minimum Gasteiger partial charge on any atom is -0.373 e. The Balaban J connectivity index is 2.85. The van der Waals surface area contributed by atoms with Gasteiger partial charge in [0, 0.05) is 45.6 Å². The molecule has 0 radical (unpaired) electrons. The molecule has 0 atom stereocenters. The molecule has 1 aromatic heterocycles. The smallest absolute Gasteiger partial charge is 0.241 e. The van der Waals surface area contributed by atoms with Gasteiger partial charge in [-0.3, -0.25) is 4.79 Å². The van der Waals surface area contributed by atoms with Crippen LogP contribution in [0.25, 0.3) is 0 Å². The zero-order valence-corrected chi connectivity index (χ0v) is 11.6. The first-order chi connectivity index (χ1) is 8.58. The maximum atomic E-state index is 11.8. The fraction of sp³-hybridized carbons (Fsp3) is 0.538. The molecule has 0 spiro atoms. The van der Waals surface area contributed by atoms with Gasteiger partial charge in [0.15, 0.2) is 0 Å². The summed E-state index contributed by atoms with van der Waals surface area (Å²) in [6, 6.07) is 3.89. The summed E-state index contributed by atoms with van der Waals surface area (Å²) in [7, 11) is 5.39. The molecule has 0 saturated heterocycles. The number of hydrogen-bond acceptors (Lipinski definition) is 4. The average Bonchev–Trinajstić information content (AvgIpc) is 2.38. The van der Waals surface area contributed by atoms with Crippen LogP contribution < -0.4 is 10.2 Å². The fourth-order valence-electron chi connectivity index (χ4n) is 1.63. The van der Waals surface area contributed by atoms with Crippen molar-refractivity contribution in [2.24, 2.45) is 0 Å². The number of aromatic nitrogens is 1. The van der Waals surface area contributed by atoms with E-state index in [-0.39, 0.29) is 5.91 Å². The molecule has 0 aliphatic carbocycles. The lowest BCUT2D eigenvalue weighted by atomic mass is 10.3. The van der Waals surface area contributed by atoms with Crippen molar-refractivity contribution in [3.05, 3.63) is 18.3 Å². The maximum Gasteiger partial charge on any atom is 0.241 e. The van der Waals surface area contributed by atoms with E-state index in [4.69, 9.17) is 0 Å². The maximum absolute atomic E-state index is 11.8. The Hall–Kier alpha value is -1.78. The second-order valence-corrected chi connectivity index (χ2v) is 4.36. The van der Waals surface area contributed by atoms with E-state index in [1.165, 1.54) is 0 Å². The quantitative estimate of drug-likeness (QED) is 0.829. The highest BCUT2D eigenvalue weighted by molar-refractivity contribution is 5.81. The molecule has 1 heterocycles. The average molecular weight is 250 g/mol. The van der Waals surface area contributed by atoms with Gasteiger partial charge in [-0.1, -0.05) is 6.92 Å². The second-order valence-electron chi connectivity index (χ2n) is 4.36. The number of likely N-dealkylation sites (N-methyl/N-ethyl adjacent to an activating group) is 1. The lowest BCUT2D eigenvalue weighted by Crippen LogP contribution is -2.37. The van der Waals surface area contributed by atoms with E-state index >= 15 is 0 Å². The van der Waals surface area contributed by atoms with Crippen LogP contribution in [-0.4, -0.2) is 50.0 Å². The minimum atomic E-state index is 0.103. The Labute approximate surface area is 109 Å². The summed E-state index contributed by atoms with van der Waals surface area (Å²) in [6.45, 7) is 3.36. The molecule has 1 aromatic rings. The molecular formula is C13H22N4O. The molecule has 18 heavy (non-hydrogen) atoms. The molecule has 0 fully saturated rings. The lowest BCUT2D eigenvalue weighted by molar-refractivity contribution is -0.127. The van der Waals surface area contributed by atoms with Gasteiger partial charge in [-0.05, 0) is 12.5 Å². The largest absolute Gasteiger partial charge is 0.373 e. The molecule has 0 aliphatic heterocycles. The first-order valence-electron chi connectivity index (χ1n) is 6.17. The van der Waals surface area contributed by atoms with E-state index < -0.39 is 0 Å². The standard InChI is InChI=1S/C13H22N4O/c1-5-8-17(10-13(18)16(3)4)11-6-7-15-12(9-11)14-2/h6-7,9H,5,8,10H2,1-4H3,(H,14,15). The van der Waals surface area contributed by atoms with Crippen molar-refractivity contribution in [2.45, 2.75) is 13.3 Å². The van der Waals surface area contributed by atoms with Crippen molar-refractivity contribution in [3.8, 4) is 0 Å². The zero-order valence-electron chi connectivity index (χ0n) is 11.6. The number of amides is 1. The number of nitrogens with one attached hydrogen (secondary N) is 1. The Morgan fingerprint density at radius 1 is 1.44 bits per heavy atom. The van der Waals surface area contributed by atoms with Gasteiger partial charge in [0.1, 0.15) is 5.82 Å². The molecule has 0 unspecified atom stereocenters. The van der Waals surface area contributed by atoms with Gasteiger partial charge in [-0.25, -0.2) is 4.98 Å². The van der Waals surface area contributed by atoms with Crippen molar-refractivity contribution in [2.75, 3.05) is 44.4 Å². The normalized spacial score (nSPS) is 10.0. The SMILES string of the molecule is CCCN(CC(=O)N(C)C)c1ccnc(NC)c1. The fourth-order valence-corrected chi connectivity index (χ4v) is 1.63. The third-order valence-corrected chi connectivity index (χ3v) is 2.68. The third kappa shape index (κ3) is 3.91. The van der Waals surface area contributed by atoms with Gasteiger partial charge in [0.05, 0.1) is 6.54 Å². The van der Waals surface area contributed by atoms with Gasteiger partial charge >= 0.3 is 0 Å². The van der Waals surface area contributed by atoms with E-state index in [9.17, 15) is 4.79 Å². The molecule has 100 valence electrons. The number of carbonyl (C=O) groups excluding carboxylic acids is 1. The minimum absolute atomic E-state index is 0.103. The number of pyridine rings is 1. The van der Waals surface area contributed by atoms with Crippen LogP contribution in [0.3, 0.4) is 0 Å². The van der Waals surface area contributed by atoms with Crippen molar-refractivity contribution in [1.29, 1.82) is 0 Å². The molecule has 1 rings (SSSR count). The number of rotatable bonds is 6. The number of hydrogen-bond donors (Lipinski definition) is 1. The molecular weight excluding hydrogens is 228 g/mol. The van der Waals surface area contributed by atoms with Crippen LogP contribution in [-0.2, 0) is 4.79 Å². The van der Waals surface area contributed by atoms with Crippen LogP contribution in [0.15, 0.2) is 18.3 Å². The summed E-state index contributed by atoms with van der Waals surface area (Å²) in [5.74, 6) is 0.914. The van der Waals surface area contributed by atoms with Crippen molar-refractivity contribution in [3.63, 3.8) is 0 Å². The van der Waals surface area contributed by atoms with E-state index in [2.05, 4.69) is 22.1 Å². The highest BCUT2D eigenvalue weighted by Crippen LogP contribution is 2.17. The van der Waals surface area contributed by atoms with Crippen molar-refractivity contribution < 1.29 is 4.79 Å². The summed E-state index contributed by atoms with van der Waals surface area (Å²) in [4.78, 5) is 19.7. The van der Waals surface area contributed by atoms with Crippen molar-refractivity contribution >= 4 is 17.4 Å². The Morgan fingerprint density at radius 2 is 2.17 bits per heavy atom. The molecule has 0 aromatic carbocycles. The topological polar surface area (TPSA) is 48.5 Å². The third-order valence-electron chi connectivity index (χ3n) is 2.68. The van der Waals surface area contributed by atoms with E-state index in [1.54, 1.807) is 25.2 Å². The molecule has 0 bridgehead atoms. The first-order valence-corrected chi connectivity index (χ1v) is 6.17. The number of carbonyl (C=O) groups is 1. The predicted octanol–water partition coefficient (Wildman–Crippen LogP) is 1.43. The highest BCUT2D eigenvalue weighted by atomic mass is 16.2. The van der Waals surface area contributed by atoms with E-state index in [0.717, 1.165) is 24.5 Å². The van der Waals surface area contributed by atoms with Crippen molar-refractivity contribution in [1.82, 2.24) is 9.88 Å². The zero-order chi connectivity index (χ0) is 13.5. The first kappa shape index (κ1) is 14.3. The Morgan fingerprint density at radius 3 is 2.72 bits per heavy atom. The summed E-state index contributed by atoms with van der Waals surface area (Å²) < 4.78 is 0. The number of anilines is 2. The molecule has 1 N–H and O–H groups in total. The monoisotopic (exact) mass is 250 g/mol. The summed E-state index contributed by atoms with van der Waals surface area (Å²) >= 11 is 0. The van der Waals surface area contributed by atoms with Gasteiger partial charge in [0.2, 0.25) is 5.91 Å². The van der Waals surface area contributed by atoms with Crippen LogP contribution in [0.2, 0.25) is 0 Å². The van der Waals surface area contributed by atoms with Gasteiger partial charge in [0.25, 0.3) is 0 Å². The van der Waals surface area contributed by atoms with Gasteiger partial charge < -0.3 is 15.1 Å². The van der Waals surface area contributed by atoms with E-state index in [0.29, 0.717) is 6.54 Å². The second kappa shape index (κ2) is 6.83. The summed E-state index contributed by atoms with van der Waals surface area (Å²) in [6.07, 6.45) is 2.75. The molecule has 0 saturated carbocycles. The van der Waals surface area contributed by atoms with E-state index in [1.807, 2.05) is 19.2 Å². The lowest BCUT2D eigenvalue weighted by Gasteiger charge is -2.25.